The number of carbonyl (C=O) groups excluding carboxylic acids is 1. The summed E-state index contributed by atoms with van der Waals surface area (Å²) in [7, 11) is 0. The number of amides is 1. The van der Waals surface area contributed by atoms with Gasteiger partial charge in [-0.05, 0) is 37.1 Å². The Morgan fingerprint density at radius 3 is 2.61 bits per heavy atom. The van der Waals surface area contributed by atoms with E-state index < -0.39 is 6.10 Å². The molecule has 1 unspecified atom stereocenters. The monoisotopic (exact) mass is 378 g/mol. The number of fused-ring (bicyclic) bond motifs is 1. The summed E-state index contributed by atoms with van der Waals surface area (Å²) < 4.78 is 5.05. The minimum atomic E-state index is -0.554. The molecule has 0 radical (unpaired) electrons. The molecule has 28 heavy (non-hydrogen) atoms. The standard InChI is InChI=1S/C21H22N4O3/c1-3-19(26)18-4-12(2)16(9-23-18)17-5-13-8-24-20(6-14(13)7-22-17)25-21(27)15-10-28-11-15/h4-9,15,19,26H,3,10-11H2,1-2H3,(H,24,25,27). The van der Waals surface area contributed by atoms with Gasteiger partial charge in [-0.2, -0.15) is 0 Å². The smallest absolute Gasteiger partial charge is 0.233 e. The Labute approximate surface area is 162 Å². The van der Waals surface area contributed by atoms with Crippen molar-refractivity contribution in [2.45, 2.75) is 26.4 Å². The molecule has 1 aliphatic rings. The van der Waals surface area contributed by atoms with Gasteiger partial charge in [-0.1, -0.05) is 6.92 Å². The van der Waals surface area contributed by atoms with E-state index in [4.69, 9.17) is 4.74 Å². The van der Waals surface area contributed by atoms with Gasteiger partial charge in [0.1, 0.15) is 5.82 Å². The van der Waals surface area contributed by atoms with Crippen molar-refractivity contribution in [1.82, 2.24) is 15.0 Å². The summed E-state index contributed by atoms with van der Waals surface area (Å²) in [6, 6.07) is 5.67. The van der Waals surface area contributed by atoms with Crippen molar-refractivity contribution >= 4 is 22.5 Å². The van der Waals surface area contributed by atoms with Crippen molar-refractivity contribution in [2.24, 2.45) is 5.92 Å². The predicted octanol–water partition coefficient (Wildman–Crippen LogP) is 3.03. The summed E-state index contributed by atoms with van der Waals surface area (Å²) in [4.78, 5) is 25.3. The number of ether oxygens (including phenoxy) is 1. The van der Waals surface area contributed by atoms with Crippen LogP contribution in [0.1, 0.15) is 30.7 Å². The number of pyridine rings is 3. The molecule has 1 aliphatic heterocycles. The highest BCUT2D eigenvalue weighted by molar-refractivity contribution is 5.95. The van der Waals surface area contributed by atoms with Crippen LogP contribution in [0.3, 0.4) is 0 Å². The van der Waals surface area contributed by atoms with Gasteiger partial charge >= 0.3 is 0 Å². The SMILES string of the molecule is CCC(O)c1cc(C)c(-c2cc3cnc(NC(=O)C4COC4)cc3cn2)cn1. The Morgan fingerprint density at radius 1 is 1.18 bits per heavy atom. The van der Waals surface area contributed by atoms with Gasteiger partial charge in [0.2, 0.25) is 5.91 Å². The quantitative estimate of drug-likeness (QED) is 0.708. The van der Waals surface area contributed by atoms with Crippen LogP contribution in [-0.4, -0.2) is 39.2 Å². The lowest BCUT2D eigenvalue weighted by Gasteiger charge is -2.24. The Balaban J connectivity index is 1.59. The molecule has 7 heteroatoms. The molecule has 3 aromatic rings. The molecular formula is C21H22N4O3. The molecule has 144 valence electrons. The molecule has 1 atom stereocenters. The molecule has 4 rings (SSSR count). The van der Waals surface area contributed by atoms with Crippen LogP contribution in [-0.2, 0) is 9.53 Å². The van der Waals surface area contributed by atoms with E-state index in [-0.39, 0.29) is 11.8 Å². The summed E-state index contributed by atoms with van der Waals surface area (Å²) >= 11 is 0. The van der Waals surface area contributed by atoms with Gasteiger partial charge in [0.15, 0.2) is 0 Å². The molecule has 0 saturated carbocycles. The molecule has 1 fully saturated rings. The van der Waals surface area contributed by atoms with Crippen LogP contribution >= 0.6 is 0 Å². The van der Waals surface area contributed by atoms with Crippen molar-refractivity contribution in [3.63, 3.8) is 0 Å². The molecule has 2 N–H and O–H groups in total. The number of hydrogen-bond donors (Lipinski definition) is 2. The van der Waals surface area contributed by atoms with E-state index in [0.717, 1.165) is 27.6 Å². The Kier molecular flexibility index (Phi) is 5.02. The van der Waals surface area contributed by atoms with Crippen molar-refractivity contribution < 1.29 is 14.6 Å². The number of aryl methyl sites for hydroxylation is 1. The average Bonchev–Trinajstić information content (AvgIpc) is 2.65. The summed E-state index contributed by atoms with van der Waals surface area (Å²) in [5, 5.41) is 14.6. The van der Waals surface area contributed by atoms with E-state index in [2.05, 4.69) is 20.3 Å². The highest BCUT2D eigenvalue weighted by Crippen LogP contribution is 2.27. The molecule has 0 aromatic carbocycles. The maximum atomic E-state index is 12.0. The molecule has 0 aliphatic carbocycles. The van der Waals surface area contributed by atoms with Crippen molar-refractivity contribution in [1.29, 1.82) is 0 Å². The fourth-order valence-corrected chi connectivity index (χ4v) is 3.11. The zero-order valence-corrected chi connectivity index (χ0v) is 15.8. The fraction of sp³-hybridized carbons (Fsp3) is 0.333. The topological polar surface area (TPSA) is 97.2 Å². The Bertz CT molecular complexity index is 1030. The van der Waals surface area contributed by atoms with Crippen LogP contribution in [0.4, 0.5) is 5.82 Å². The number of anilines is 1. The lowest BCUT2D eigenvalue weighted by molar-refractivity contribution is -0.133. The maximum absolute atomic E-state index is 12.0. The molecule has 0 spiro atoms. The molecule has 4 heterocycles. The van der Waals surface area contributed by atoms with E-state index in [1.807, 2.05) is 32.0 Å². The van der Waals surface area contributed by atoms with Gasteiger partial charge in [-0.25, -0.2) is 4.98 Å². The first-order valence-electron chi connectivity index (χ1n) is 9.34. The number of aromatic nitrogens is 3. The van der Waals surface area contributed by atoms with E-state index in [0.29, 0.717) is 31.1 Å². The first-order chi connectivity index (χ1) is 13.5. The van der Waals surface area contributed by atoms with Gasteiger partial charge < -0.3 is 15.2 Å². The van der Waals surface area contributed by atoms with Crippen LogP contribution in [0.2, 0.25) is 0 Å². The van der Waals surface area contributed by atoms with Crippen molar-refractivity contribution in [3.05, 3.63) is 48.0 Å². The van der Waals surface area contributed by atoms with Crippen molar-refractivity contribution in [2.75, 3.05) is 18.5 Å². The normalized spacial score (nSPS) is 15.2. The zero-order chi connectivity index (χ0) is 19.7. The first-order valence-corrected chi connectivity index (χ1v) is 9.34. The van der Waals surface area contributed by atoms with E-state index in [1.165, 1.54) is 0 Å². The van der Waals surface area contributed by atoms with Crippen LogP contribution in [0.25, 0.3) is 22.0 Å². The van der Waals surface area contributed by atoms with Gasteiger partial charge in [0, 0.05) is 34.9 Å². The van der Waals surface area contributed by atoms with Crippen LogP contribution in [0, 0.1) is 12.8 Å². The van der Waals surface area contributed by atoms with E-state index in [9.17, 15) is 9.90 Å². The molecule has 3 aromatic heterocycles. The van der Waals surface area contributed by atoms with E-state index >= 15 is 0 Å². The minimum absolute atomic E-state index is 0.0706. The van der Waals surface area contributed by atoms with Gasteiger partial charge in [0.05, 0.1) is 36.6 Å². The number of nitrogens with zero attached hydrogens (tertiary/aromatic N) is 3. The largest absolute Gasteiger partial charge is 0.387 e. The number of aliphatic hydroxyl groups excluding tert-OH is 1. The van der Waals surface area contributed by atoms with Gasteiger partial charge in [0.25, 0.3) is 0 Å². The fourth-order valence-electron chi connectivity index (χ4n) is 3.11. The molecule has 0 bridgehead atoms. The molecule has 1 saturated heterocycles. The third-order valence-corrected chi connectivity index (χ3v) is 5.00. The number of rotatable bonds is 5. The Morgan fingerprint density at radius 2 is 1.93 bits per heavy atom. The number of hydrogen-bond acceptors (Lipinski definition) is 6. The summed E-state index contributed by atoms with van der Waals surface area (Å²) in [6.45, 7) is 4.83. The summed E-state index contributed by atoms with van der Waals surface area (Å²) in [5.41, 5.74) is 3.38. The summed E-state index contributed by atoms with van der Waals surface area (Å²) in [6.07, 6.45) is 5.31. The minimum Gasteiger partial charge on any atom is -0.387 e. The average molecular weight is 378 g/mol. The van der Waals surface area contributed by atoms with Gasteiger partial charge in [-0.15, -0.1) is 0 Å². The lowest BCUT2D eigenvalue weighted by atomic mass is 10.0. The van der Waals surface area contributed by atoms with Crippen LogP contribution in [0.15, 0.2) is 36.8 Å². The van der Waals surface area contributed by atoms with Crippen LogP contribution in [0.5, 0.6) is 0 Å². The lowest BCUT2D eigenvalue weighted by Crippen LogP contribution is -2.38. The maximum Gasteiger partial charge on any atom is 0.233 e. The third-order valence-electron chi connectivity index (χ3n) is 5.00. The highest BCUT2D eigenvalue weighted by Gasteiger charge is 2.26. The second-order valence-electron chi connectivity index (χ2n) is 7.06. The third kappa shape index (κ3) is 3.58. The number of aliphatic hydroxyl groups is 1. The van der Waals surface area contributed by atoms with Gasteiger partial charge in [-0.3, -0.25) is 14.8 Å². The second-order valence-corrected chi connectivity index (χ2v) is 7.06. The Hall–Kier alpha value is -2.90. The van der Waals surface area contributed by atoms with E-state index in [1.54, 1.807) is 18.6 Å². The molecule has 7 nitrogen and oxygen atoms in total. The number of carbonyl (C=O) groups is 1. The highest BCUT2D eigenvalue weighted by atomic mass is 16.5. The van der Waals surface area contributed by atoms with Crippen LogP contribution < -0.4 is 5.32 Å². The number of nitrogens with one attached hydrogen (secondary N) is 1. The molecular weight excluding hydrogens is 356 g/mol. The summed E-state index contributed by atoms with van der Waals surface area (Å²) in [5.74, 6) is 0.344. The second kappa shape index (κ2) is 7.61. The van der Waals surface area contributed by atoms with Crippen molar-refractivity contribution in [3.8, 4) is 11.3 Å². The molecule has 1 amide bonds. The first kappa shape index (κ1) is 18.5. The zero-order valence-electron chi connectivity index (χ0n) is 15.8. The predicted molar refractivity (Wildman–Crippen MR) is 106 cm³/mol.